The van der Waals surface area contributed by atoms with E-state index >= 15 is 0 Å². The molecule has 1 amide bonds. The Hall–Kier alpha value is -1.65. The quantitative estimate of drug-likeness (QED) is 0.0422. The lowest BCUT2D eigenvalue weighted by atomic mass is 10.0. The van der Waals surface area contributed by atoms with Crippen molar-refractivity contribution in [3.63, 3.8) is 0 Å². The van der Waals surface area contributed by atoms with Gasteiger partial charge >= 0.3 is 0 Å². The number of aliphatic hydroxyl groups is 2. The van der Waals surface area contributed by atoms with Gasteiger partial charge in [-0.3, -0.25) is 4.79 Å². The van der Waals surface area contributed by atoms with Gasteiger partial charge in [-0.25, -0.2) is 0 Å². The Labute approximate surface area is 375 Å². The fourth-order valence-corrected chi connectivity index (χ4v) is 8.17. The van der Waals surface area contributed by atoms with E-state index in [1.54, 1.807) is 6.08 Å². The Morgan fingerprint density at radius 2 is 0.700 bits per heavy atom. The van der Waals surface area contributed by atoms with E-state index in [2.05, 4.69) is 55.6 Å². The van der Waals surface area contributed by atoms with Crippen molar-refractivity contribution in [1.29, 1.82) is 0 Å². The molecule has 0 radical (unpaired) electrons. The molecule has 4 nitrogen and oxygen atoms in total. The van der Waals surface area contributed by atoms with Crippen LogP contribution >= 0.6 is 0 Å². The molecular formula is C56H105NO3. The number of carbonyl (C=O) groups excluding carboxylic acids is 1. The molecular weight excluding hydrogens is 735 g/mol. The highest BCUT2D eigenvalue weighted by molar-refractivity contribution is 5.76. The second-order valence-corrected chi connectivity index (χ2v) is 18.3. The van der Waals surface area contributed by atoms with Gasteiger partial charge in [0, 0.05) is 6.42 Å². The second kappa shape index (κ2) is 51.7. The molecule has 0 aliphatic carbocycles. The number of aliphatic hydroxyl groups excluding tert-OH is 2. The average molecular weight is 840 g/mol. The summed E-state index contributed by atoms with van der Waals surface area (Å²) in [7, 11) is 0. The number of carbonyl (C=O) groups is 1. The lowest BCUT2D eigenvalue weighted by Gasteiger charge is -2.19. The van der Waals surface area contributed by atoms with Gasteiger partial charge in [0.25, 0.3) is 0 Å². The van der Waals surface area contributed by atoms with Gasteiger partial charge in [0.15, 0.2) is 0 Å². The maximum atomic E-state index is 12.4. The Kier molecular flexibility index (Phi) is 50.3. The van der Waals surface area contributed by atoms with Crippen molar-refractivity contribution in [3.8, 4) is 0 Å². The van der Waals surface area contributed by atoms with E-state index in [1.165, 1.54) is 225 Å². The first-order chi connectivity index (χ1) is 29.7. The number of allylic oxidation sites excluding steroid dienone is 7. The van der Waals surface area contributed by atoms with E-state index in [4.69, 9.17) is 0 Å². The fourth-order valence-electron chi connectivity index (χ4n) is 8.17. The molecule has 60 heavy (non-hydrogen) atoms. The minimum Gasteiger partial charge on any atom is -0.394 e. The van der Waals surface area contributed by atoms with Crippen LogP contribution in [0.2, 0.25) is 0 Å². The topological polar surface area (TPSA) is 69.6 Å². The van der Waals surface area contributed by atoms with Crippen molar-refractivity contribution in [3.05, 3.63) is 48.6 Å². The zero-order valence-corrected chi connectivity index (χ0v) is 40.5. The van der Waals surface area contributed by atoms with Crippen LogP contribution in [-0.2, 0) is 4.79 Å². The van der Waals surface area contributed by atoms with Crippen molar-refractivity contribution in [2.45, 2.75) is 296 Å². The molecule has 0 aliphatic heterocycles. The molecule has 0 fully saturated rings. The SMILES string of the molecule is CCCCC/C=C\C/C=C\CCCCCCCCCCCC(=O)NC(CO)C(O)/C=C/CC/C=C/CCCCCCCCCCCCCCCCCCCCCCCCC. The highest BCUT2D eigenvalue weighted by Gasteiger charge is 2.17. The van der Waals surface area contributed by atoms with Gasteiger partial charge in [-0.05, 0) is 64.2 Å². The molecule has 4 heteroatoms. The predicted octanol–water partition coefficient (Wildman–Crippen LogP) is 17.5. The third-order valence-electron chi connectivity index (χ3n) is 12.3. The van der Waals surface area contributed by atoms with Gasteiger partial charge in [-0.2, -0.15) is 0 Å². The molecule has 0 saturated carbocycles. The Morgan fingerprint density at radius 3 is 1.10 bits per heavy atom. The standard InChI is InChI=1S/C56H105NO3/c1-3-5-7-9-11-13-15-17-19-21-23-24-25-26-27-28-29-30-31-32-34-35-37-39-41-43-45-47-49-51-55(59)54(53-58)57-56(60)52-50-48-46-44-42-40-38-36-33-22-20-18-16-14-12-10-8-6-4-2/h12,14,18,20,41,43,49,51,54-55,58-59H,3-11,13,15-17,19,21-40,42,44-48,50,52-53H2,1-2H3,(H,57,60)/b14-12-,20-18-,43-41+,51-49+. The summed E-state index contributed by atoms with van der Waals surface area (Å²) in [6.45, 7) is 4.29. The van der Waals surface area contributed by atoms with Crippen LogP contribution in [0.4, 0.5) is 0 Å². The van der Waals surface area contributed by atoms with Crippen LogP contribution < -0.4 is 5.32 Å². The van der Waals surface area contributed by atoms with Gasteiger partial charge in [0.05, 0.1) is 18.8 Å². The van der Waals surface area contributed by atoms with E-state index in [1.807, 2.05) is 6.08 Å². The number of unbranched alkanes of at least 4 members (excludes halogenated alkanes) is 36. The Morgan fingerprint density at radius 1 is 0.400 bits per heavy atom. The Balaban J connectivity index is 3.53. The summed E-state index contributed by atoms with van der Waals surface area (Å²) in [6, 6.07) is -0.643. The first-order valence-electron chi connectivity index (χ1n) is 26.9. The summed E-state index contributed by atoms with van der Waals surface area (Å²) in [4.78, 5) is 12.4. The van der Waals surface area contributed by atoms with E-state index < -0.39 is 12.1 Å². The molecule has 0 spiro atoms. The lowest BCUT2D eigenvalue weighted by Crippen LogP contribution is -2.45. The van der Waals surface area contributed by atoms with E-state index in [0.717, 1.165) is 38.5 Å². The largest absolute Gasteiger partial charge is 0.394 e. The fraction of sp³-hybridized carbons (Fsp3) is 0.839. The molecule has 0 aliphatic rings. The van der Waals surface area contributed by atoms with Gasteiger partial charge in [0.2, 0.25) is 5.91 Å². The first kappa shape index (κ1) is 58.4. The van der Waals surface area contributed by atoms with Gasteiger partial charge in [-0.15, -0.1) is 0 Å². The maximum Gasteiger partial charge on any atom is 0.220 e. The summed E-state index contributed by atoms with van der Waals surface area (Å²) >= 11 is 0. The minimum atomic E-state index is -0.866. The van der Waals surface area contributed by atoms with Crippen LogP contribution in [0.3, 0.4) is 0 Å². The molecule has 0 bridgehead atoms. The lowest BCUT2D eigenvalue weighted by molar-refractivity contribution is -0.123. The molecule has 0 aromatic rings. The monoisotopic (exact) mass is 840 g/mol. The van der Waals surface area contributed by atoms with E-state index in [-0.39, 0.29) is 12.5 Å². The molecule has 0 rings (SSSR count). The summed E-state index contributed by atoms with van der Waals surface area (Å²) in [6.07, 6.45) is 71.2. The molecule has 0 saturated heterocycles. The number of hydrogen-bond acceptors (Lipinski definition) is 3. The van der Waals surface area contributed by atoms with Crippen molar-refractivity contribution >= 4 is 5.91 Å². The van der Waals surface area contributed by atoms with Crippen LogP contribution in [0.15, 0.2) is 48.6 Å². The van der Waals surface area contributed by atoms with Crippen molar-refractivity contribution in [2.24, 2.45) is 0 Å². The maximum absolute atomic E-state index is 12.4. The van der Waals surface area contributed by atoms with Gasteiger partial charge < -0.3 is 15.5 Å². The van der Waals surface area contributed by atoms with Crippen molar-refractivity contribution in [2.75, 3.05) is 6.61 Å². The second-order valence-electron chi connectivity index (χ2n) is 18.3. The number of rotatable bonds is 49. The summed E-state index contributed by atoms with van der Waals surface area (Å²) in [5.41, 5.74) is 0. The van der Waals surface area contributed by atoms with E-state index in [0.29, 0.717) is 6.42 Å². The highest BCUT2D eigenvalue weighted by Crippen LogP contribution is 2.16. The van der Waals surface area contributed by atoms with Crippen LogP contribution in [0.25, 0.3) is 0 Å². The zero-order valence-electron chi connectivity index (χ0n) is 40.5. The third kappa shape index (κ3) is 47.4. The molecule has 0 heterocycles. The summed E-state index contributed by atoms with van der Waals surface area (Å²) < 4.78 is 0. The van der Waals surface area contributed by atoms with Gasteiger partial charge in [0.1, 0.15) is 0 Å². The minimum absolute atomic E-state index is 0.0768. The normalized spacial score (nSPS) is 13.2. The van der Waals surface area contributed by atoms with Gasteiger partial charge in [-0.1, -0.05) is 262 Å². The molecule has 0 aromatic carbocycles. The molecule has 352 valence electrons. The highest BCUT2D eigenvalue weighted by atomic mass is 16.3. The average Bonchev–Trinajstić information content (AvgIpc) is 3.25. The molecule has 2 unspecified atom stereocenters. The molecule has 3 N–H and O–H groups in total. The van der Waals surface area contributed by atoms with Crippen LogP contribution in [0, 0.1) is 0 Å². The van der Waals surface area contributed by atoms with Crippen LogP contribution in [-0.4, -0.2) is 34.9 Å². The Bertz CT molecular complexity index is 954. The smallest absolute Gasteiger partial charge is 0.220 e. The zero-order chi connectivity index (χ0) is 43.5. The van der Waals surface area contributed by atoms with Crippen molar-refractivity contribution in [1.82, 2.24) is 5.32 Å². The van der Waals surface area contributed by atoms with Crippen LogP contribution in [0.1, 0.15) is 284 Å². The van der Waals surface area contributed by atoms with Crippen molar-refractivity contribution < 1.29 is 15.0 Å². The molecule has 0 aromatic heterocycles. The predicted molar refractivity (Wildman–Crippen MR) is 267 cm³/mol. The van der Waals surface area contributed by atoms with E-state index in [9.17, 15) is 15.0 Å². The summed E-state index contributed by atoms with van der Waals surface area (Å²) in [5.74, 6) is -0.0768. The molecule has 2 atom stereocenters. The number of hydrogen-bond donors (Lipinski definition) is 3. The van der Waals surface area contributed by atoms with Crippen LogP contribution in [0.5, 0.6) is 0 Å². The summed E-state index contributed by atoms with van der Waals surface area (Å²) in [5, 5.41) is 23.1. The number of amides is 1. The number of nitrogens with one attached hydrogen (secondary N) is 1. The first-order valence-corrected chi connectivity index (χ1v) is 26.9. The third-order valence-corrected chi connectivity index (χ3v) is 12.3.